The van der Waals surface area contributed by atoms with Crippen molar-refractivity contribution in [2.45, 2.75) is 32.2 Å². The van der Waals surface area contributed by atoms with Gasteiger partial charge in [0.15, 0.2) is 0 Å². The largest absolute Gasteiger partial charge is 0.507 e. The molecule has 0 spiro atoms. The Bertz CT molecular complexity index is 475. The number of phenols is 1. The van der Waals surface area contributed by atoms with E-state index in [1.54, 1.807) is 18.2 Å². The van der Waals surface area contributed by atoms with Gasteiger partial charge in [-0.15, -0.1) is 12.4 Å². The molecule has 4 nitrogen and oxygen atoms in total. The zero-order valence-electron chi connectivity index (χ0n) is 11.3. The van der Waals surface area contributed by atoms with Gasteiger partial charge in [0.05, 0.1) is 11.1 Å². The van der Waals surface area contributed by atoms with Crippen LogP contribution < -0.4 is 11.1 Å². The van der Waals surface area contributed by atoms with Crippen LogP contribution in [0.15, 0.2) is 18.2 Å². The minimum atomic E-state index is -0.368. The summed E-state index contributed by atoms with van der Waals surface area (Å²) in [6, 6.07) is 5.00. The van der Waals surface area contributed by atoms with Gasteiger partial charge in [-0.25, -0.2) is 0 Å². The van der Waals surface area contributed by atoms with Gasteiger partial charge in [0.1, 0.15) is 5.75 Å². The van der Waals surface area contributed by atoms with Crippen LogP contribution >= 0.6 is 12.4 Å². The van der Waals surface area contributed by atoms with Crippen molar-refractivity contribution < 1.29 is 9.90 Å². The Labute approximate surface area is 119 Å². The van der Waals surface area contributed by atoms with Gasteiger partial charge in [0.2, 0.25) is 0 Å². The molecule has 0 aliphatic heterocycles. The SMILES string of the molecule is Cc1ccc(O)c(C(=O)NC(C)(CN)C2CC2)c1.Cl. The summed E-state index contributed by atoms with van der Waals surface area (Å²) in [6.45, 7) is 4.27. The number of rotatable bonds is 4. The number of amides is 1. The first kappa shape index (κ1) is 15.8. The summed E-state index contributed by atoms with van der Waals surface area (Å²) in [5.41, 5.74) is 6.66. The molecule has 1 saturated carbocycles. The molecule has 0 saturated heterocycles. The lowest BCUT2D eigenvalue weighted by Crippen LogP contribution is -2.53. The Morgan fingerprint density at radius 1 is 1.53 bits per heavy atom. The number of nitrogens with one attached hydrogen (secondary N) is 1. The molecule has 1 aromatic rings. The lowest BCUT2D eigenvalue weighted by atomic mass is 9.95. The average Bonchev–Trinajstić information content (AvgIpc) is 3.16. The van der Waals surface area contributed by atoms with E-state index in [9.17, 15) is 9.90 Å². The van der Waals surface area contributed by atoms with E-state index in [0.717, 1.165) is 18.4 Å². The van der Waals surface area contributed by atoms with Gasteiger partial charge >= 0.3 is 0 Å². The Balaban J connectivity index is 0.00000180. The smallest absolute Gasteiger partial charge is 0.255 e. The highest BCUT2D eigenvalue weighted by Crippen LogP contribution is 2.39. The van der Waals surface area contributed by atoms with E-state index in [2.05, 4.69) is 5.32 Å². The Morgan fingerprint density at radius 3 is 2.68 bits per heavy atom. The van der Waals surface area contributed by atoms with Gasteiger partial charge in [0.25, 0.3) is 5.91 Å². The third-order valence-electron chi connectivity index (χ3n) is 3.70. The standard InChI is InChI=1S/C14H20N2O2.ClH/c1-9-3-6-12(17)11(7-9)13(18)16-14(2,8-15)10-4-5-10;/h3,6-7,10,17H,4-5,8,15H2,1-2H3,(H,16,18);1H. The van der Waals surface area contributed by atoms with Crippen molar-refractivity contribution in [2.24, 2.45) is 11.7 Å². The zero-order valence-corrected chi connectivity index (χ0v) is 12.1. The van der Waals surface area contributed by atoms with Crippen molar-refractivity contribution in [3.05, 3.63) is 29.3 Å². The van der Waals surface area contributed by atoms with E-state index in [4.69, 9.17) is 5.73 Å². The molecule has 1 unspecified atom stereocenters. The van der Waals surface area contributed by atoms with E-state index in [1.807, 2.05) is 13.8 Å². The molecule has 4 N–H and O–H groups in total. The first-order chi connectivity index (χ1) is 8.46. The number of aryl methyl sites for hydroxylation is 1. The third kappa shape index (κ3) is 3.39. The van der Waals surface area contributed by atoms with Crippen molar-refractivity contribution >= 4 is 18.3 Å². The van der Waals surface area contributed by atoms with Crippen LogP contribution in [0.2, 0.25) is 0 Å². The van der Waals surface area contributed by atoms with Crippen LogP contribution in [0.5, 0.6) is 5.75 Å². The summed E-state index contributed by atoms with van der Waals surface area (Å²) in [5.74, 6) is 0.211. The highest BCUT2D eigenvalue weighted by molar-refractivity contribution is 5.97. The number of hydrogen-bond donors (Lipinski definition) is 3. The second-order valence-electron chi connectivity index (χ2n) is 5.37. The van der Waals surface area contributed by atoms with Gasteiger partial charge in [0, 0.05) is 6.54 Å². The number of halogens is 1. The summed E-state index contributed by atoms with van der Waals surface area (Å²) in [6.07, 6.45) is 2.21. The molecule has 1 aromatic carbocycles. The molecular formula is C14H21ClN2O2. The van der Waals surface area contributed by atoms with Crippen LogP contribution in [0.1, 0.15) is 35.7 Å². The summed E-state index contributed by atoms with van der Waals surface area (Å²) in [7, 11) is 0. The maximum absolute atomic E-state index is 12.2. The van der Waals surface area contributed by atoms with E-state index < -0.39 is 0 Å². The van der Waals surface area contributed by atoms with E-state index >= 15 is 0 Å². The summed E-state index contributed by atoms with van der Waals surface area (Å²) >= 11 is 0. The number of nitrogens with two attached hydrogens (primary N) is 1. The van der Waals surface area contributed by atoms with Gasteiger partial charge in [-0.05, 0) is 44.7 Å². The number of benzene rings is 1. The molecule has 1 amide bonds. The van der Waals surface area contributed by atoms with E-state index in [0.29, 0.717) is 18.0 Å². The topological polar surface area (TPSA) is 75.3 Å². The molecule has 1 aliphatic carbocycles. The van der Waals surface area contributed by atoms with Crippen LogP contribution in [0.25, 0.3) is 0 Å². The molecule has 1 aliphatic rings. The first-order valence-corrected chi connectivity index (χ1v) is 6.28. The molecule has 0 bridgehead atoms. The number of carbonyl (C=O) groups excluding carboxylic acids is 1. The highest BCUT2D eigenvalue weighted by atomic mass is 35.5. The van der Waals surface area contributed by atoms with Crippen molar-refractivity contribution in [3.8, 4) is 5.75 Å². The molecule has 1 atom stereocenters. The van der Waals surface area contributed by atoms with Gasteiger partial charge in [-0.3, -0.25) is 4.79 Å². The quantitative estimate of drug-likeness (QED) is 0.791. The minimum absolute atomic E-state index is 0. The fraction of sp³-hybridized carbons (Fsp3) is 0.500. The maximum atomic E-state index is 12.2. The van der Waals surface area contributed by atoms with Gasteiger partial charge < -0.3 is 16.2 Å². The van der Waals surface area contributed by atoms with Crippen molar-refractivity contribution in [1.82, 2.24) is 5.32 Å². The third-order valence-corrected chi connectivity index (χ3v) is 3.70. The minimum Gasteiger partial charge on any atom is -0.507 e. The van der Waals surface area contributed by atoms with Crippen LogP contribution in [-0.4, -0.2) is 23.1 Å². The molecule has 1 fully saturated rings. The van der Waals surface area contributed by atoms with E-state index in [1.165, 1.54) is 0 Å². The molecule has 0 heterocycles. The summed E-state index contributed by atoms with van der Waals surface area (Å²) in [4.78, 5) is 12.2. The lowest BCUT2D eigenvalue weighted by molar-refractivity contribution is 0.0895. The number of carbonyl (C=O) groups is 1. The number of aromatic hydroxyl groups is 1. The second kappa shape index (κ2) is 5.80. The van der Waals surface area contributed by atoms with Crippen LogP contribution in [0.4, 0.5) is 0 Å². The van der Waals surface area contributed by atoms with Crippen LogP contribution in [0.3, 0.4) is 0 Å². The van der Waals surface area contributed by atoms with Crippen molar-refractivity contribution in [3.63, 3.8) is 0 Å². The van der Waals surface area contributed by atoms with Crippen molar-refractivity contribution in [2.75, 3.05) is 6.54 Å². The molecule has 19 heavy (non-hydrogen) atoms. The van der Waals surface area contributed by atoms with Crippen LogP contribution in [-0.2, 0) is 0 Å². The Hall–Kier alpha value is -1.26. The predicted octanol–water partition coefficient (Wildman–Crippen LogP) is 1.98. The first-order valence-electron chi connectivity index (χ1n) is 6.28. The lowest BCUT2D eigenvalue weighted by Gasteiger charge is -2.29. The summed E-state index contributed by atoms with van der Waals surface area (Å²) < 4.78 is 0. The maximum Gasteiger partial charge on any atom is 0.255 e. The molecule has 5 heteroatoms. The van der Waals surface area contributed by atoms with E-state index in [-0.39, 0.29) is 29.6 Å². The summed E-state index contributed by atoms with van der Waals surface area (Å²) in [5, 5.41) is 12.7. The fourth-order valence-electron chi connectivity index (χ4n) is 2.20. The zero-order chi connectivity index (χ0) is 13.3. The molecule has 0 aromatic heterocycles. The predicted molar refractivity (Wildman–Crippen MR) is 77.7 cm³/mol. The molecule has 0 radical (unpaired) electrons. The number of phenolic OH excluding ortho intramolecular Hbond substituents is 1. The van der Waals surface area contributed by atoms with Crippen LogP contribution in [0, 0.1) is 12.8 Å². The Kier molecular flexibility index (Phi) is 4.82. The monoisotopic (exact) mass is 284 g/mol. The van der Waals surface area contributed by atoms with Crippen molar-refractivity contribution in [1.29, 1.82) is 0 Å². The second-order valence-corrected chi connectivity index (χ2v) is 5.37. The van der Waals surface area contributed by atoms with Gasteiger partial charge in [-0.2, -0.15) is 0 Å². The molecule has 106 valence electrons. The number of hydrogen-bond acceptors (Lipinski definition) is 3. The molecular weight excluding hydrogens is 264 g/mol. The molecule has 2 rings (SSSR count). The normalized spacial score (nSPS) is 17.2. The fourth-order valence-corrected chi connectivity index (χ4v) is 2.20. The average molecular weight is 285 g/mol. The Morgan fingerprint density at radius 2 is 2.16 bits per heavy atom. The highest BCUT2D eigenvalue weighted by Gasteiger charge is 2.41. The van der Waals surface area contributed by atoms with Gasteiger partial charge in [-0.1, -0.05) is 11.6 Å².